The number of fused-ring (bicyclic) bond motifs is 3. The van der Waals surface area contributed by atoms with Gasteiger partial charge in [0, 0.05) is 34.7 Å². The lowest BCUT2D eigenvalue weighted by Crippen LogP contribution is -2.30. The molecule has 3 aromatic rings. The van der Waals surface area contributed by atoms with Crippen molar-refractivity contribution >= 4 is 57.5 Å². The van der Waals surface area contributed by atoms with Gasteiger partial charge in [-0.15, -0.1) is 6.58 Å². The van der Waals surface area contributed by atoms with Gasteiger partial charge >= 0.3 is 0 Å². The number of para-hydroxylation sites is 1. The van der Waals surface area contributed by atoms with E-state index in [-0.39, 0.29) is 29.6 Å². The van der Waals surface area contributed by atoms with E-state index >= 15 is 0 Å². The van der Waals surface area contributed by atoms with E-state index in [4.69, 9.17) is 4.99 Å². The molecule has 1 amide bonds. The number of anilines is 1. The molecule has 8 heteroatoms. The molecule has 3 aliphatic rings. The molecule has 0 spiro atoms. The predicted octanol–water partition coefficient (Wildman–Crippen LogP) is 6.01. The standard InChI is InChI=1S/C29H21N3O3S2/c1-3-16-32-27(35)26(28-31(4-2)21-14-7-8-15-22(21)36-28)37-29(32)30-20-13-9-12-19-23(20)25(34)18-11-6-5-10-17(18)24(19)33/h3,5-15H,1,4,16H2,2H3/b28-26-,30-29?. The third kappa shape index (κ3) is 3.67. The van der Waals surface area contributed by atoms with E-state index in [0.717, 1.165) is 15.6 Å². The van der Waals surface area contributed by atoms with Crippen LogP contribution in [-0.2, 0) is 4.79 Å². The SMILES string of the molecule is C=CCN1C(=O)/C(=C2/Sc3ccccc3N2CC)SC1=Nc1cccc2c1C(=O)c1ccccc1C2=O. The van der Waals surface area contributed by atoms with Crippen LogP contribution in [0, 0.1) is 0 Å². The fraction of sp³-hybridized carbons (Fsp3) is 0.103. The Labute approximate surface area is 222 Å². The second kappa shape index (κ2) is 9.21. The van der Waals surface area contributed by atoms with Crippen LogP contribution in [0.4, 0.5) is 11.4 Å². The number of ketones is 2. The Kier molecular flexibility index (Phi) is 5.85. The van der Waals surface area contributed by atoms with Crippen molar-refractivity contribution in [3.63, 3.8) is 0 Å². The summed E-state index contributed by atoms with van der Waals surface area (Å²) in [4.78, 5) is 50.4. The molecule has 3 aromatic carbocycles. The lowest BCUT2D eigenvalue weighted by Gasteiger charge is -2.19. The molecule has 2 aliphatic heterocycles. The number of aliphatic imine (C=N–C) groups is 1. The third-order valence-corrected chi connectivity index (χ3v) is 8.82. The summed E-state index contributed by atoms with van der Waals surface area (Å²) in [6, 6.07) is 20.0. The first-order valence-corrected chi connectivity index (χ1v) is 13.5. The molecular weight excluding hydrogens is 502 g/mol. The third-order valence-electron chi connectivity index (χ3n) is 6.44. The molecule has 6 rings (SSSR count). The molecule has 6 nitrogen and oxygen atoms in total. The molecule has 0 atom stereocenters. The van der Waals surface area contributed by atoms with Crippen LogP contribution in [0.3, 0.4) is 0 Å². The van der Waals surface area contributed by atoms with Crippen molar-refractivity contribution in [3.8, 4) is 0 Å². The van der Waals surface area contributed by atoms with Crippen molar-refractivity contribution in [2.75, 3.05) is 18.0 Å². The Hall–Kier alpha value is -3.88. The minimum atomic E-state index is -0.243. The fourth-order valence-corrected chi connectivity index (χ4v) is 7.14. The van der Waals surface area contributed by atoms with Crippen molar-refractivity contribution in [2.24, 2.45) is 4.99 Å². The van der Waals surface area contributed by atoms with Gasteiger partial charge in [-0.1, -0.05) is 66.4 Å². The van der Waals surface area contributed by atoms with Crippen LogP contribution in [0.5, 0.6) is 0 Å². The summed E-state index contributed by atoms with van der Waals surface area (Å²) in [5, 5.41) is 1.32. The monoisotopic (exact) mass is 523 g/mol. The molecule has 0 aromatic heterocycles. The Morgan fingerprint density at radius 2 is 1.54 bits per heavy atom. The average Bonchev–Trinajstić information content (AvgIpc) is 3.44. The van der Waals surface area contributed by atoms with Crippen LogP contribution in [0.2, 0.25) is 0 Å². The maximum Gasteiger partial charge on any atom is 0.269 e. The number of thioether (sulfide) groups is 2. The van der Waals surface area contributed by atoms with Crippen LogP contribution < -0.4 is 4.90 Å². The summed E-state index contributed by atoms with van der Waals surface area (Å²) >= 11 is 2.86. The largest absolute Gasteiger partial charge is 0.334 e. The first-order chi connectivity index (χ1) is 18.0. The van der Waals surface area contributed by atoms with Crippen LogP contribution in [0.1, 0.15) is 38.8 Å². The minimum absolute atomic E-state index is 0.157. The zero-order chi connectivity index (χ0) is 25.7. The molecule has 1 fully saturated rings. The second-order valence-corrected chi connectivity index (χ2v) is 10.6. The van der Waals surface area contributed by atoms with Crippen molar-refractivity contribution in [3.05, 3.63) is 112 Å². The smallest absolute Gasteiger partial charge is 0.269 e. The van der Waals surface area contributed by atoms with Crippen LogP contribution in [0.25, 0.3) is 0 Å². The van der Waals surface area contributed by atoms with Crippen LogP contribution >= 0.6 is 23.5 Å². The van der Waals surface area contributed by atoms with Gasteiger partial charge in [-0.05, 0) is 36.9 Å². The van der Waals surface area contributed by atoms with E-state index in [0.29, 0.717) is 39.0 Å². The van der Waals surface area contributed by atoms with Crippen molar-refractivity contribution in [1.82, 2.24) is 4.90 Å². The Morgan fingerprint density at radius 3 is 2.30 bits per heavy atom. The highest BCUT2D eigenvalue weighted by molar-refractivity contribution is 8.19. The molecule has 0 unspecified atom stereocenters. The Bertz CT molecular complexity index is 1590. The lowest BCUT2D eigenvalue weighted by atomic mass is 9.83. The average molecular weight is 524 g/mol. The van der Waals surface area contributed by atoms with Gasteiger partial charge in [-0.25, -0.2) is 4.99 Å². The summed E-state index contributed by atoms with van der Waals surface area (Å²) in [5.41, 5.74) is 2.80. The van der Waals surface area contributed by atoms with Gasteiger partial charge in [0.2, 0.25) is 0 Å². The van der Waals surface area contributed by atoms with Gasteiger partial charge in [-0.2, -0.15) is 0 Å². The topological polar surface area (TPSA) is 70.1 Å². The highest BCUT2D eigenvalue weighted by atomic mass is 32.2. The van der Waals surface area contributed by atoms with Crippen molar-refractivity contribution in [2.45, 2.75) is 11.8 Å². The van der Waals surface area contributed by atoms with Gasteiger partial charge < -0.3 is 4.90 Å². The molecular formula is C29H21N3O3S2. The zero-order valence-corrected chi connectivity index (χ0v) is 21.6. The first-order valence-electron chi connectivity index (χ1n) is 11.8. The summed E-state index contributed by atoms with van der Waals surface area (Å²) in [7, 11) is 0. The predicted molar refractivity (Wildman–Crippen MR) is 149 cm³/mol. The van der Waals surface area contributed by atoms with E-state index in [1.165, 1.54) is 11.8 Å². The molecule has 182 valence electrons. The van der Waals surface area contributed by atoms with E-state index in [1.54, 1.807) is 65.2 Å². The molecule has 2 heterocycles. The number of amides is 1. The molecule has 37 heavy (non-hydrogen) atoms. The minimum Gasteiger partial charge on any atom is -0.334 e. The summed E-state index contributed by atoms with van der Waals surface area (Å²) in [6.45, 7) is 6.86. The second-order valence-electron chi connectivity index (χ2n) is 8.55. The number of hydrogen-bond acceptors (Lipinski definition) is 7. The lowest BCUT2D eigenvalue weighted by molar-refractivity contribution is -0.121. The fourth-order valence-electron chi connectivity index (χ4n) is 4.75. The molecule has 1 aliphatic carbocycles. The molecule has 1 saturated heterocycles. The Morgan fingerprint density at radius 1 is 0.838 bits per heavy atom. The normalized spacial score (nSPS) is 19.4. The maximum absolute atomic E-state index is 13.6. The first kappa shape index (κ1) is 23.5. The van der Waals surface area contributed by atoms with E-state index in [9.17, 15) is 14.4 Å². The van der Waals surface area contributed by atoms with Gasteiger partial charge in [0.15, 0.2) is 16.7 Å². The Balaban J connectivity index is 1.46. The van der Waals surface area contributed by atoms with E-state index in [1.807, 2.05) is 18.2 Å². The zero-order valence-electron chi connectivity index (χ0n) is 19.9. The van der Waals surface area contributed by atoms with Gasteiger partial charge in [-0.3, -0.25) is 19.3 Å². The molecule has 0 saturated carbocycles. The number of carbonyl (C=O) groups excluding carboxylic acids is 3. The summed E-state index contributed by atoms with van der Waals surface area (Å²) in [5.74, 6) is -0.603. The van der Waals surface area contributed by atoms with E-state index < -0.39 is 0 Å². The molecule has 0 bridgehead atoms. The van der Waals surface area contributed by atoms with Gasteiger partial charge in [0.1, 0.15) is 9.93 Å². The highest BCUT2D eigenvalue weighted by Gasteiger charge is 2.40. The van der Waals surface area contributed by atoms with Crippen molar-refractivity contribution < 1.29 is 14.4 Å². The van der Waals surface area contributed by atoms with Crippen LogP contribution in [-0.4, -0.2) is 40.6 Å². The number of benzene rings is 3. The van der Waals surface area contributed by atoms with Crippen molar-refractivity contribution in [1.29, 1.82) is 0 Å². The quantitative estimate of drug-likeness (QED) is 0.241. The molecule has 0 radical (unpaired) electrons. The number of hydrogen-bond donors (Lipinski definition) is 0. The summed E-state index contributed by atoms with van der Waals surface area (Å²) in [6.07, 6.45) is 1.65. The number of amidine groups is 1. The maximum atomic E-state index is 13.6. The van der Waals surface area contributed by atoms with Crippen LogP contribution in [0.15, 0.2) is 99.2 Å². The van der Waals surface area contributed by atoms with E-state index in [2.05, 4.69) is 24.5 Å². The molecule has 0 N–H and O–H groups in total. The van der Waals surface area contributed by atoms with Gasteiger partial charge in [0.25, 0.3) is 5.91 Å². The highest BCUT2D eigenvalue weighted by Crippen LogP contribution is 2.50. The summed E-state index contributed by atoms with van der Waals surface area (Å²) < 4.78 is 0. The number of nitrogens with zero attached hydrogens (tertiary/aromatic N) is 3. The van der Waals surface area contributed by atoms with Gasteiger partial charge in [0.05, 0.1) is 16.9 Å². The number of carbonyl (C=O) groups is 3. The number of rotatable bonds is 4.